The van der Waals surface area contributed by atoms with Gasteiger partial charge in [0.25, 0.3) is 0 Å². The van der Waals surface area contributed by atoms with Gasteiger partial charge >= 0.3 is 0 Å². The van der Waals surface area contributed by atoms with Gasteiger partial charge in [0.05, 0.1) is 0 Å². The Hall–Kier alpha value is -1.12. The number of hydrogen-bond acceptors (Lipinski definition) is 2. The molecule has 0 heterocycles. The van der Waals surface area contributed by atoms with E-state index in [9.17, 15) is 10.2 Å². The molecule has 4 atom stereocenters. The second-order valence-corrected chi connectivity index (χ2v) is 10.7. The Morgan fingerprint density at radius 3 is 2.59 bits per heavy atom. The van der Waals surface area contributed by atoms with Gasteiger partial charge in [-0.1, -0.05) is 89.0 Å². The molecule has 0 aromatic heterocycles. The lowest BCUT2D eigenvalue weighted by atomic mass is 9.60. The average molecular weight is 399 g/mol. The van der Waals surface area contributed by atoms with Crippen LogP contribution in [0.3, 0.4) is 0 Å². The molecule has 2 heteroatoms. The lowest BCUT2D eigenvalue weighted by molar-refractivity contribution is -0.166. The number of hydrogen-bond donors (Lipinski definition) is 2. The molecule has 3 rings (SSSR count). The molecule has 3 aliphatic carbocycles. The number of allylic oxidation sites excluding steroid dienone is 6. The third-order valence-corrected chi connectivity index (χ3v) is 7.87. The molecule has 0 aromatic rings. The molecule has 0 aliphatic heterocycles. The first-order valence-corrected chi connectivity index (χ1v) is 11.8. The fourth-order valence-electron chi connectivity index (χ4n) is 6.04. The summed E-state index contributed by atoms with van der Waals surface area (Å²) in [5.41, 5.74) is 3.90. The van der Waals surface area contributed by atoms with E-state index in [4.69, 9.17) is 0 Å². The van der Waals surface area contributed by atoms with Gasteiger partial charge in [0.15, 0.2) is 5.79 Å². The molecule has 2 N–H and O–H groups in total. The van der Waals surface area contributed by atoms with E-state index in [1.54, 1.807) is 0 Å². The zero-order valence-electron chi connectivity index (χ0n) is 19.1. The van der Waals surface area contributed by atoms with Crippen molar-refractivity contribution in [3.8, 4) is 0 Å². The summed E-state index contributed by atoms with van der Waals surface area (Å²) in [4.78, 5) is 0. The van der Waals surface area contributed by atoms with E-state index in [0.717, 1.165) is 29.4 Å². The van der Waals surface area contributed by atoms with E-state index in [-0.39, 0.29) is 0 Å². The molecule has 0 aromatic carbocycles. The van der Waals surface area contributed by atoms with E-state index in [1.165, 1.54) is 37.7 Å². The van der Waals surface area contributed by atoms with Gasteiger partial charge in [0.2, 0.25) is 0 Å². The summed E-state index contributed by atoms with van der Waals surface area (Å²) < 4.78 is 0. The second-order valence-electron chi connectivity index (χ2n) is 10.7. The summed E-state index contributed by atoms with van der Waals surface area (Å²) in [6.45, 7) is 13.8. The molecule has 2 saturated carbocycles. The highest BCUT2D eigenvalue weighted by molar-refractivity contribution is 5.38. The average Bonchev–Trinajstić information content (AvgIpc) is 2.99. The molecular formula is C27H42O2. The minimum Gasteiger partial charge on any atom is -0.365 e. The minimum atomic E-state index is -1.57. The van der Waals surface area contributed by atoms with Crippen LogP contribution in [-0.4, -0.2) is 16.0 Å². The lowest BCUT2D eigenvalue weighted by Gasteiger charge is -2.44. The van der Waals surface area contributed by atoms with Crippen molar-refractivity contribution < 1.29 is 10.2 Å². The second kappa shape index (κ2) is 8.94. The Morgan fingerprint density at radius 1 is 1.10 bits per heavy atom. The first-order valence-electron chi connectivity index (χ1n) is 11.8. The molecule has 0 saturated heterocycles. The van der Waals surface area contributed by atoms with Crippen LogP contribution in [0.5, 0.6) is 0 Å². The molecule has 0 amide bonds. The maximum Gasteiger partial charge on any atom is 0.166 e. The van der Waals surface area contributed by atoms with Crippen molar-refractivity contribution >= 4 is 0 Å². The van der Waals surface area contributed by atoms with Crippen LogP contribution in [0.15, 0.2) is 47.6 Å². The van der Waals surface area contributed by atoms with Crippen LogP contribution in [-0.2, 0) is 0 Å². The highest BCUT2D eigenvalue weighted by Gasteiger charge is 2.47. The van der Waals surface area contributed by atoms with Gasteiger partial charge in [-0.15, -0.1) is 0 Å². The third-order valence-electron chi connectivity index (χ3n) is 7.87. The van der Waals surface area contributed by atoms with E-state index in [1.807, 2.05) is 0 Å². The van der Waals surface area contributed by atoms with Crippen LogP contribution >= 0.6 is 0 Å². The maximum absolute atomic E-state index is 10.0. The summed E-state index contributed by atoms with van der Waals surface area (Å²) in [6, 6.07) is 0. The standard InChI is InChI=1S/C27H42O2/c1-19(2)8-6-9-21(4)24-13-14-25-22(10-7-16-26(24,25)5)11-12-23-18-27(28,29)17-15-20(23)3/h11-14,19,21,24-25,28-29H,3,6-10,15-18H2,1-2,4-5H3/b22-11+,23-12-/t21-,24+,25+,26-/m1/s1. The number of aliphatic hydroxyl groups is 2. The molecule has 0 bridgehead atoms. The first-order chi connectivity index (χ1) is 13.6. The van der Waals surface area contributed by atoms with Crippen molar-refractivity contribution in [1.29, 1.82) is 0 Å². The van der Waals surface area contributed by atoms with E-state index < -0.39 is 5.79 Å². The highest BCUT2D eigenvalue weighted by Crippen LogP contribution is 2.56. The largest absolute Gasteiger partial charge is 0.365 e. The van der Waals surface area contributed by atoms with Crippen LogP contribution in [0, 0.1) is 29.1 Å². The fourth-order valence-corrected chi connectivity index (χ4v) is 6.04. The van der Waals surface area contributed by atoms with Gasteiger partial charge in [-0.05, 0) is 54.4 Å². The molecule has 0 radical (unpaired) electrons. The van der Waals surface area contributed by atoms with Crippen LogP contribution in [0.2, 0.25) is 0 Å². The monoisotopic (exact) mass is 398 g/mol. The maximum atomic E-state index is 10.0. The molecule has 2 nitrogen and oxygen atoms in total. The van der Waals surface area contributed by atoms with Crippen molar-refractivity contribution in [2.45, 2.75) is 91.3 Å². The van der Waals surface area contributed by atoms with Crippen LogP contribution in [0.1, 0.15) is 85.5 Å². The van der Waals surface area contributed by atoms with Crippen LogP contribution < -0.4 is 0 Å². The van der Waals surface area contributed by atoms with Crippen molar-refractivity contribution in [2.75, 3.05) is 0 Å². The zero-order chi connectivity index (χ0) is 21.2. The summed E-state index contributed by atoms with van der Waals surface area (Å²) in [7, 11) is 0. The van der Waals surface area contributed by atoms with Crippen molar-refractivity contribution in [3.63, 3.8) is 0 Å². The van der Waals surface area contributed by atoms with Crippen LogP contribution in [0.4, 0.5) is 0 Å². The minimum absolute atomic E-state index is 0.295. The Balaban J connectivity index is 1.72. The Morgan fingerprint density at radius 2 is 1.86 bits per heavy atom. The highest BCUT2D eigenvalue weighted by atomic mass is 16.5. The Labute approximate surface area is 178 Å². The molecule has 0 unspecified atom stereocenters. The molecule has 162 valence electrons. The fraction of sp³-hybridized carbons (Fsp3) is 0.704. The van der Waals surface area contributed by atoms with Crippen molar-refractivity contribution in [1.82, 2.24) is 0 Å². The summed E-state index contributed by atoms with van der Waals surface area (Å²) in [5.74, 6) is 1.16. The number of rotatable bonds is 6. The van der Waals surface area contributed by atoms with Gasteiger partial charge in [-0.3, -0.25) is 0 Å². The molecule has 0 spiro atoms. The topological polar surface area (TPSA) is 40.5 Å². The molecule has 2 fully saturated rings. The van der Waals surface area contributed by atoms with Gasteiger partial charge in [-0.25, -0.2) is 0 Å². The van der Waals surface area contributed by atoms with Gasteiger partial charge in [0.1, 0.15) is 0 Å². The zero-order valence-corrected chi connectivity index (χ0v) is 19.1. The number of fused-ring (bicyclic) bond motifs is 1. The molecule has 29 heavy (non-hydrogen) atoms. The third kappa shape index (κ3) is 5.14. The van der Waals surface area contributed by atoms with Gasteiger partial charge < -0.3 is 10.2 Å². The Bertz CT molecular complexity index is 693. The van der Waals surface area contributed by atoms with E-state index >= 15 is 0 Å². The van der Waals surface area contributed by atoms with Gasteiger partial charge in [0, 0.05) is 18.8 Å². The van der Waals surface area contributed by atoms with Gasteiger partial charge in [-0.2, -0.15) is 0 Å². The summed E-state index contributed by atoms with van der Waals surface area (Å²) in [6.07, 6.45) is 18.5. The molecular weight excluding hydrogens is 356 g/mol. The normalized spacial score (nSPS) is 35.5. The quantitative estimate of drug-likeness (QED) is 0.385. The van der Waals surface area contributed by atoms with Crippen LogP contribution in [0.25, 0.3) is 0 Å². The summed E-state index contributed by atoms with van der Waals surface area (Å²) >= 11 is 0. The smallest absolute Gasteiger partial charge is 0.166 e. The Kier molecular flexibility index (Phi) is 6.95. The predicted octanol–water partition coefficient (Wildman–Crippen LogP) is 6.72. The molecule has 3 aliphatic rings. The van der Waals surface area contributed by atoms with Crippen molar-refractivity contribution in [3.05, 3.63) is 47.6 Å². The van der Waals surface area contributed by atoms with Crippen molar-refractivity contribution in [2.24, 2.45) is 29.1 Å². The van der Waals surface area contributed by atoms with E-state index in [2.05, 4.69) is 58.6 Å². The summed E-state index contributed by atoms with van der Waals surface area (Å²) in [5, 5.41) is 20.1. The lowest BCUT2D eigenvalue weighted by Crippen LogP contribution is -2.36. The first kappa shape index (κ1) is 22.6. The SMILES string of the molecule is C=C1CCC(O)(O)C/C1=C/C=C1\CCC[C@@]2(C)[C@H]1C=C[C@H]2[C@H](C)CCCC(C)C. The predicted molar refractivity (Wildman–Crippen MR) is 122 cm³/mol. The van der Waals surface area contributed by atoms with E-state index in [0.29, 0.717) is 36.5 Å².